The van der Waals surface area contributed by atoms with E-state index in [1.807, 2.05) is 24.3 Å². The number of nitrogens with two attached hydrogens (primary N) is 1. The third kappa shape index (κ3) is 4.35. The van der Waals surface area contributed by atoms with Gasteiger partial charge in [0, 0.05) is 60.0 Å². The molecule has 2 aliphatic heterocycles. The molecule has 1 fully saturated rings. The smallest absolute Gasteiger partial charge is 0.218 e. The van der Waals surface area contributed by atoms with Crippen molar-refractivity contribution in [2.24, 2.45) is 5.73 Å². The molecule has 4 rings (SSSR count). The van der Waals surface area contributed by atoms with Gasteiger partial charge in [0.2, 0.25) is 5.91 Å². The van der Waals surface area contributed by atoms with Crippen molar-refractivity contribution in [1.82, 2.24) is 9.80 Å². The van der Waals surface area contributed by atoms with Gasteiger partial charge < -0.3 is 10.6 Å². The number of hydrogen-bond donors (Lipinski definition) is 1. The molecule has 0 radical (unpaired) electrons. The third-order valence-electron chi connectivity index (χ3n) is 5.51. The summed E-state index contributed by atoms with van der Waals surface area (Å²) in [5.74, 6) is -0.466. The van der Waals surface area contributed by atoms with E-state index < -0.39 is 0 Å². The van der Waals surface area contributed by atoms with E-state index in [2.05, 4.69) is 9.80 Å². The van der Waals surface area contributed by atoms with Crippen molar-refractivity contribution in [2.75, 3.05) is 32.7 Å². The molecule has 1 amide bonds. The number of carbonyl (C=O) groups excluding carboxylic acids is 1. The third-order valence-corrected chi connectivity index (χ3v) is 6.94. The highest BCUT2D eigenvalue weighted by Gasteiger charge is 2.30. The molecule has 4 nitrogen and oxygen atoms in total. The summed E-state index contributed by atoms with van der Waals surface area (Å²) in [5, 5.41) is 0.728. The topological polar surface area (TPSA) is 49.6 Å². The molecule has 7 heteroatoms. The Morgan fingerprint density at radius 1 is 1.14 bits per heavy atom. The summed E-state index contributed by atoms with van der Waals surface area (Å²) in [5.41, 5.74) is 7.65. The van der Waals surface area contributed by atoms with Gasteiger partial charge in [0.1, 0.15) is 5.82 Å². The van der Waals surface area contributed by atoms with Crippen molar-refractivity contribution < 1.29 is 9.18 Å². The SMILES string of the molecule is NC(=O)CCN1CCN(C2Cc3cc(Cl)ccc3Sc3cc(F)ccc32)CC1. The second-order valence-electron chi connectivity index (χ2n) is 7.35. The van der Waals surface area contributed by atoms with Crippen LogP contribution in [0.4, 0.5) is 4.39 Å². The zero-order valence-corrected chi connectivity index (χ0v) is 17.1. The maximum absolute atomic E-state index is 13.9. The Kier molecular flexibility index (Phi) is 5.92. The monoisotopic (exact) mass is 419 g/mol. The molecule has 1 unspecified atom stereocenters. The van der Waals surface area contributed by atoms with E-state index in [4.69, 9.17) is 17.3 Å². The van der Waals surface area contributed by atoms with E-state index in [1.54, 1.807) is 23.9 Å². The minimum absolute atomic E-state index is 0.182. The lowest BCUT2D eigenvalue weighted by atomic mass is 9.96. The molecule has 2 aromatic rings. The summed E-state index contributed by atoms with van der Waals surface area (Å²) in [4.78, 5) is 17.9. The Morgan fingerprint density at radius 3 is 2.68 bits per heavy atom. The van der Waals surface area contributed by atoms with Crippen LogP contribution in [0.5, 0.6) is 0 Å². The summed E-state index contributed by atoms with van der Waals surface area (Å²) >= 11 is 7.87. The van der Waals surface area contributed by atoms with Gasteiger partial charge in [0.15, 0.2) is 0 Å². The van der Waals surface area contributed by atoms with Crippen LogP contribution in [0, 0.1) is 5.82 Å². The first-order valence-electron chi connectivity index (χ1n) is 9.50. The molecular formula is C21H23ClFN3OS. The van der Waals surface area contributed by atoms with E-state index in [9.17, 15) is 9.18 Å². The van der Waals surface area contributed by atoms with Gasteiger partial charge in [-0.25, -0.2) is 4.39 Å². The van der Waals surface area contributed by atoms with Gasteiger partial charge in [-0.3, -0.25) is 9.69 Å². The summed E-state index contributed by atoms with van der Waals surface area (Å²) in [6, 6.07) is 11.3. The van der Waals surface area contributed by atoms with Crippen LogP contribution in [0.2, 0.25) is 5.02 Å². The molecule has 28 heavy (non-hydrogen) atoms. The summed E-state index contributed by atoms with van der Waals surface area (Å²) in [6.07, 6.45) is 1.25. The average Bonchev–Trinajstić information content (AvgIpc) is 2.82. The van der Waals surface area contributed by atoms with E-state index in [0.29, 0.717) is 13.0 Å². The molecule has 0 spiro atoms. The number of amides is 1. The lowest BCUT2D eigenvalue weighted by molar-refractivity contribution is -0.118. The van der Waals surface area contributed by atoms with Gasteiger partial charge in [-0.05, 0) is 47.9 Å². The molecule has 1 atom stereocenters. The fourth-order valence-corrected chi connectivity index (χ4v) is 5.34. The number of fused-ring (bicyclic) bond motifs is 2. The van der Waals surface area contributed by atoms with Gasteiger partial charge >= 0.3 is 0 Å². The standard InChI is InChI=1S/C21H23ClFN3OS/c22-15-1-4-19-14(11-15)12-18(17-3-2-16(23)13-20(17)28-19)26-9-7-25(8-10-26)6-5-21(24)27/h1-4,11,13,18H,5-10,12H2,(H2,24,27). The van der Waals surface area contributed by atoms with Crippen molar-refractivity contribution in [3.05, 3.63) is 58.4 Å². The molecule has 2 heterocycles. The van der Waals surface area contributed by atoms with E-state index in [0.717, 1.165) is 47.4 Å². The van der Waals surface area contributed by atoms with Gasteiger partial charge in [0.05, 0.1) is 0 Å². The second kappa shape index (κ2) is 8.41. The van der Waals surface area contributed by atoms with Crippen molar-refractivity contribution in [3.8, 4) is 0 Å². The molecule has 0 saturated carbocycles. The lowest BCUT2D eigenvalue weighted by Gasteiger charge is -2.39. The van der Waals surface area contributed by atoms with Crippen LogP contribution in [0.25, 0.3) is 0 Å². The highest BCUT2D eigenvalue weighted by Crippen LogP contribution is 2.43. The maximum Gasteiger partial charge on any atom is 0.218 e. The molecule has 2 aliphatic rings. The molecule has 0 aromatic heterocycles. The van der Waals surface area contributed by atoms with Gasteiger partial charge in [0.25, 0.3) is 0 Å². The predicted octanol–water partition coefficient (Wildman–Crippen LogP) is 3.72. The molecule has 1 saturated heterocycles. The highest BCUT2D eigenvalue weighted by molar-refractivity contribution is 7.99. The number of carbonyl (C=O) groups is 1. The van der Waals surface area contributed by atoms with E-state index in [1.165, 1.54) is 11.1 Å². The Labute approximate surface area is 173 Å². The van der Waals surface area contributed by atoms with Crippen LogP contribution < -0.4 is 5.73 Å². The number of piperazine rings is 1. The molecule has 2 aromatic carbocycles. The summed E-state index contributed by atoms with van der Waals surface area (Å²) < 4.78 is 13.9. The Morgan fingerprint density at radius 2 is 1.93 bits per heavy atom. The van der Waals surface area contributed by atoms with E-state index >= 15 is 0 Å². The van der Waals surface area contributed by atoms with Crippen molar-refractivity contribution in [3.63, 3.8) is 0 Å². The van der Waals surface area contributed by atoms with E-state index in [-0.39, 0.29) is 17.8 Å². The predicted molar refractivity (Wildman–Crippen MR) is 110 cm³/mol. The number of benzene rings is 2. The molecule has 2 N–H and O–H groups in total. The van der Waals surface area contributed by atoms with Gasteiger partial charge in [-0.15, -0.1) is 0 Å². The number of rotatable bonds is 4. The maximum atomic E-state index is 13.9. The molecule has 0 bridgehead atoms. The second-order valence-corrected chi connectivity index (χ2v) is 8.87. The number of halogens is 2. The molecule has 0 aliphatic carbocycles. The zero-order chi connectivity index (χ0) is 19.7. The zero-order valence-electron chi connectivity index (χ0n) is 15.5. The Hall–Kier alpha value is -1.60. The van der Waals surface area contributed by atoms with Crippen LogP contribution in [0.3, 0.4) is 0 Å². The van der Waals surface area contributed by atoms with Crippen LogP contribution in [0.15, 0.2) is 46.2 Å². The Balaban J connectivity index is 1.58. The number of nitrogens with zero attached hydrogens (tertiary/aromatic N) is 2. The normalized spacial score (nSPS) is 20.3. The van der Waals surface area contributed by atoms with Crippen molar-refractivity contribution in [2.45, 2.75) is 28.7 Å². The minimum Gasteiger partial charge on any atom is -0.370 e. The first-order chi connectivity index (χ1) is 13.5. The molecule has 148 valence electrons. The minimum atomic E-state index is -0.257. The van der Waals surface area contributed by atoms with Crippen LogP contribution >= 0.6 is 23.4 Å². The quantitative estimate of drug-likeness (QED) is 0.820. The summed E-state index contributed by atoms with van der Waals surface area (Å²) in [7, 11) is 0. The van der Waals surface area contributed by atoms with Crippen molar-refractivity contribution >= 4 is 29.3 Å². The first-order valence-corrected chi connectivity index (χ1v) is 10.7. The van der Waals surface area contributed by atoms with Crippen LogP contribution in [-0.2, 0) is 11.2 Å². The van der Waals surface area contributed by atoms with Gasteiger partial charge in [-0.2, -0.15) is 0 Å². The fourth-order valence-electron chi connectivity index (χ4n) is 4.01. The Bertz CT molecular complexity index is 886. The lowest BCUT2D eigenvalue weighted by Crippen LogP contribution is -2.48. The van der Waals surface area contributed by atoms with Crippen molar-refractivity contribution in [1.29, 1.82) is 0 Å². The first kappa shape index (κ1) is 19.7. The largest absolute Gasteiger partial charge is 0.370 e. The van der Waals surface area contributed by atoms with Crippen LogP contribution in [0.1, 0.15) is 23.6 Å². The van der Waals surface area contributed by atoms with Gasteiger partial charge in [-0.1, -0.05) is 29.4 Å². The fraction of sp³-hybridized carbons (Fsp3) is 0.381. The summed E-state index contributed by atoms with van der Waals surface area (Å²) in [6.45, 7) is 4.32. The average molecular weight is 420 g/mol. The number of primary amides is 1. The number of hydrogen-bond acceptors (Lipinski definition) is 4. The van der Waals surface area contributed by atoms with Crippen LogP contribution in [-0.4, -0.2) is 48.4 Å². The highest BCUT2D eigenvalue weighted by atomic mass is 35.5. The molecular weight excluding hydrogens is 397 g/mol.